The van der Waals surface area contributed by atoms with E-state index in [9.17, 15) is 4.79 Å². The molecule has 1 amide bonds. The predicted molar refractivity (Wildman–Crippen MR) is 83.2 cm³/mol. The van der Waals surface area contributed by atoms with E-state index >= 15 is 0 Å². The number of hydrogen-bond acceptors (Lipinski definition) is 7. The first-order chi connectivity index (χ1) is 10.3. The highest BCUT2D eigenvalue weighted by molar-refractivity contribution is 8.01. The molecule has 6 nitrogen and oxygen atoms in total. The van der Waals surface area contributed by atoms with Crippen LogP contribution < -0.4 is 10.1 Å². The SMILES string of the molecule is CCOC(=O)Nc1nnc(SCCOc2ccccc2)s1. The highest BCUT2D eigenvalue weighted by Crippen LogP contribution is 2.25. The van der Waals surface area contributed by atoms with Gasteiger partial charge in [-0.1, -0.05) is 41.3 Å². The number of hydrogen-bond donors (Lipinski definition) is 1. The number of benzene rings is 1. The van der Waals surface area contributed by atoms with Crippen molar-refractivity contribution in [2.45, 2.75) is 11.3 Å². The molecule has 0 radical (unpaired) electrons. The molecule has 0 saturated heterocycles. The van der Waals surface area contributed by atoms with Gasteiger partial charge in [-0.25, -0.2) is 4.79 Å². The van der Waals surface area contributed by atoms with Crippen LogP contribution >= 0.6 is 23.1 Å². The molecule has 0 aliphatic rings. The van der Waals surface area contributed by atoms with Crippen LogP contribution in [0.5, 0.6) is 5.75 Å². The third kappa shape index (κ3) is 5.60. The summed E-state index contributed by atoms with van der Waals surface area (Å²) < 4.78 is 11.1. The summed E-state index contributed by atoms with van der Waals surface area (Å²) in [5.41, 5.74) is 0. The topological polar surface area (TPSA) is 73.3 Å². The average Bonchev–Trinajstić information content (AvgIpc) is 2.92. The molecule has 0 atom stereocenters. The molecule has 1 heterocycles. The van der Waals surface area contributed by atoms with Gasteiger partial charge in [0.25, 0.3) is 0 Å². The van der Waals surface area contributed by atoms with Gasteiger partial charge in [-0.2, -0.15) is 0 Å². The maximum absolute atomic E-state index is 11.2. The lowest BCUT2D eigenvalue weighted by Crippen LogP contribution is -2.12. The molecule has 21 heavy (non-hydrogen) atoms. The number of amides is 1. The molecule has 0 unspecified atom stereocenters. The first-order valence-electron chi connectivity index (χ1n) is 6.36. The number of carbonyl (C=O) groups excluding carboxylic acids is 1. The maximum Gasteiger partial charge on any atom is 0.413 e. The zero-order valence-corrected chi connectivity index (χ0v) is 13.1. The van der Waals surface area contributed by atoms with Crippen molar-refractivity contribution in [2.24, 2.45) is 0 Å². The maximum atomic E-state index is 11.2. The summed E-state index contributed by atoms with van der Waals surface area (Å²) in [6.45, 7) is 2.64. The molecule has 2 rings (SSSR count). The zero-order valence-electron chi connectivity index (χ0n) is 11.4. The summed E-state index contributed by atoms with van der Waals surface area (Å²) in [7, 11) is 0. The van der Waals surface area contributed by atoms with Crippen molar-refractivity contribution in [2.75, 3.05) is 24.3 Å². The molecule has 0 aliphatic heterocycles. The Hall–Kier alpha value is -1.80. The van der Waals surface area contributed by atoms with Crippen LogP contribution in [0.1, 0.15) is 6.92 Å². The van der Waals surface area contributed by atoms with Crippen LogP contribution in [0.2, 0.25) is 0 Å². The highest BCUT2D eigenvalue weighted by atomic mass is 32.2. The van der Waals surface area contributed by atoms with Crippen molar-refractivity contribution in [3.63, 3.8) is 0 Å². The van der Waals surface area contributed by atoms with Gasteiger partial charge in [0.2, 0.25) is 5.13 Å². The van der Waals surface area contributed by atoms with Crippen molar-refractivity contribution < 1.29 is 14.3 Å². The Bertz CT molecular complexity index is 563. The van der Waals surface area contributed by atoms with Crippen molar-refractivity contribution in [1.29, 1.82) is 0 Å². The number of para-hydroxylation sites is 1. The molecule has 8 heteroatoms. The molecule has 1 aromatic heterocycles. The van der Waals surface area contributed by atoms with Gasteiger partial charge >= 0.3 is 6.09 Å². The van der Waals surface area contributed by atoms with E-state index in [-0.39, 0.29) is 0 Å². The van der Waals surface area contributed by atoms with Crippen LogP contribution in [0.4, 0.5) is 9.93 Å². The van der Waals surface area contributed by atoms with Gasteiger partial charge in [-0.3, -0.25) is 5.32 Å². The molecular formula is C13H15N3O3S2. The van der Waals surface area contributed by atoms with E-state index < -0.39 is 6.09 Å². The minimum absolute atomic E-state index is 0.322. The fourth-order valence-electron chi connectivity index (χ4n) is 1.38. The van der Waals surface area contributed by atoms with Gasteiger partial charge in [0.05, 0.1) is 13.2 Å². The Morgan fingerprint density at radius 3 is 2.90 bits per heavy atom. The minimum Gasteiger partial charge on any atom is -0.493 e. The number of ether oxygens (including phenoxy) is 2. The van der Waals surface area contributed by atoms with E-state index in [1.165, 1.54) is 23.1 Å². The fourth-order valence-corrected chi connectivity index (χ4v) is 3.00. The summed E-state index contributed by atoms with van der Waals surface area (Å²) in [5, 5.41) is 10.8. The number of carbonyl (C=O) groups is 1. The second-order valence-electron chi connectivity index (χ2n) is 3.73. The standard InChI is InChI=1S/C13H15N3O3S2/c1-2-18-12(17)14-11-15-16-13(21-11)20-9-8-19-10-6-4-3-5-7-10/h3-7H,2,8-9H2,1H3,(H,14,15,17). The Kier molecular flexibility index (Phi) is 6.29. The van der Waals surface area contributed by atoms with E-state index in [1.807, 2.05) is 30.3 Å². The molecule has 0 saturated carbocycles. The molecule has 112 valence electrons. The Balaban J connectivity index is 1.69. The van der Waals surface area contributed by atoms with E-state index in [1.54, 1.807) is 6.92 Å². The summed E-state index contributed by atoms with van der Waals surface area (Å²) >= 11 is 2.84. The van der Waals surface area contributed by atoms with E-state index in [4.69, 9.17) is 9.47 Å². The fraction of sp³-hybridized carbons (Fsp3) is 0.308. The van der Waals surface area contributed by atoms with Gasteiger partial charge in [0, 0.05) is 5.75 Å². The third-order valence-electron chi connectivity index (χ3n) is 2.21. The third-order valence-corrected chi connectivity index (χ3v) is 4.15. The Morgan fingerprint density at radius 1 is 1.33 bits per heavy atom. The molecule has 0 bridgehead atoms. The van der Waals surface area contributed by atoms with Crippen LogP contribution in [-0.4, -0.2) is 35.3 Å². The molecule has 2 aromatic rings. The van der Waals surface area contributed by atoms with E-state index in [0.717, 1.165) is 15.8 Å². The minimum atomic E-state index is -0.516. The lowest BCUT2D eigenvalue weighted by atomic mass is 10.3. The number of nitrogens with one attached hydrogen (secondary N) is 1. The quantitative estimate of drug-likeness (QED) is 0.478. The second kappa shape index (κ2) is 8.48. The average molecular weight is 325 g/mol. The van der Waals surface area contributed by atoms with Crippen LogP contribution in [0.25, 0.3) is 0 Å². The van der Waals surface area contributed by atoms with Crippen LogP contribution in [0, 0.1) is 0 Å². The molecule has 1 N–H and O–H groups in total. The largest absolute Gasteiger partial charge is 0.493 e. The van der Waals surface area contributed by atoms with E-state index in [2.05, 4.69) is 15.5 Å². The van der Waals surface area contributed by atoms with Crippen molar-refractivity contribution in [3.8, 4) is 5.75 Å². The zero-order chi connectivity index (χ0) is 14.9. The number of thioether (sulfide) groups is 1. The van der Waals surface area contributed by atoms with Gasteiger partial charge in [0.15, 0.2) is 4.34 Å². The summed E-state index contributed by atoms with van der Waals surface area (Å²) in [6.07, 6.45) is -0.516. The molecule has 0 fully saturated rings. The van der Waals surface area contributed by atoms with Crippen molar-refractivity contribution in [3.05, 3.63) is 30.3 Å². The smallest absolute Gasteiger partial charge is 0.413 e. The molecule has 0 spiro atoms. The Labute approximate surface area is 130 Å². The first kappa shape index (κ1) is 15.6. The highest BCUT2D eigenvalue weighted by Gasteiger charge is 2.08. The molecule has 1 aromatic carbocycles. The van der Waals surface area contributed by atoms with Gasteiger partial charge in [-0.05, 0) is 19.1 Å². The monoisotopic (exact) mass is 325 g/mol. The van der Waals surface area contributed by atoms with Crippen LogP contribution in [-0.2, 0) is 4.74 Å². The summed E-state index contributed by atoms with van der Waals surface area (Å²) in [4.78, 5) is 11.2. The normalized spacial score (nSPS) is 10.1. The molecular weight excluding hydrogens is 310 g/mol. The van der Waals surface area contributed by atoms with Crippen molar-refractivity contribution in [1.82, 2.24) is 10.2 Å². The predicted octanol–water partition coefficient (Wildman–Crippen LogP) is 3.28. The van der Waals surface area contributed by atoms with Gasteiger partial charge in [0.1, 0.15) is 5.75 Å². The lowest BCUT2D eigenvalue weighted by molar-refractivity contribution is 0.168. The summed E-state index contributed by atoms with van der Waals surface area (Å²) in [5.74, 6) is 1.60. The number of rotatable bonds is 7. The number of anilines is 1. The van der Waals surface area contributed by atoms with Crippen LogP contribution in [0.15, 0.2) is 34.7 Å². The summed E-state index contributed by atoms with van der Waals surface area (Å²) in [6, 6.07) is 9.63. The van der Waals surface area contributed by atoms with Gasteiger partial charge < -0.3 is 9.47 Å². The van der Waals surface area contributed by atoms with E-state index in [0.29, 0.717) is 18.3 Å². The molecule has 0 aliphatic carbocycles. The van der Waals surface area contributed by atoms with Crippen molar-refractivity contribution >= 4 is 34.3 Å². The van der Waals surface area contributed by atoms with Crippen LogP contribution in [0.3, 0.4) is 0 Å². The number of nitrogens with zero attached hydrogens (tertiary/aromatic N) is 2. The van der Waals surface area contributed by atoms with Gasteiger partial charge in [-0.15, -0.1) is 10.2 Å². The second-order valence-corrected chi connectivity index (χ2v) is 6.05. The lowest BCUT2D eigenvalue weighted by Gasteiger charge is -2.03. The first-order valence-corrected chi connectivity index (χ1v) is 8.16. The number of aromatic nitrogens is 2. The Morgan fingerprint density at radius 2 is 2.14 bits per heavy atom.